The number of thioether (sulfide) groups is 1. The highest BCUT2D eigenvalue weighted by molar-refractivity contribution is 8.27. The lowest BCUT2D eigenvalue weighted by atomic mass is 10.1. The van der Waals surface area contributed by atoms with Crippen LogP contribution in [0.2, 0.25) is 0 Å². The third kappa shape index (κ3) is 4.56. The number of hydrogen-bond donors (Lipinski definition) is 0. The smallest absolute Gasteiger partial charge is 0.270 e. The number of nitro benzene ring substituents is 1. The first kappa shape index (κ1) is 21.7. The zero-order valence-electron chi connectivity index (χ0n) is 17.1. The number of benzene rings is 3. The van der Waals surface area contributed by atoms with Gasteiger partial charge in [-0.15, -0.1) is 0 Å². The average molecular weight is 463 g/mol. The van der Waals surface area contributed by atoms with Crippen molar-refractivity contribution in [3.05, 3.63) is 105 Å². The Morgan fingerprint density at radius 2 is 1.81 bits per heavy atom. The summed E-state index contributed by atoms with van der Waals surface area (Å²) < 4.78 is 6.39. The van der Waals surface area contributed by atoms with Gasteiger partial charge in [0.05, 0.1) is 15.5 Å². The van der Waals surface area contributed by atoms with Gasteiger partial charge in [0.1, 0.15) is 12.4 Å². The number of amides is 1. The molecule has 0 atom stereocenters. The zero-order valence-corrected chi connectivity index (χ0v) is 18.7. The fourth-order valence-corrected chi connectivity index (χ4v) is 4.52. The van der Waals surface area contributed by atoms with Crippen molar-refractivity contribution in [2.24, 2.45) is 0 Å². The van der Waals surface area contributed by atoms with Crippen LogP contribution in [-0.2, 0) is 11.4 Å². The number of nitrogens with zero attached hydrogens (tertiary/aromatic N) is 2. The van der Waals surface area contributed by atoms with Crippen molar-refractivity contribution in [3.63, 3.8) is 0 Å². The summed E-state index contributed by atoms with van der Waals surface area (Å²) >= 11 is 6.57. The van der Waals surface area contributed by atoms with E-state index in [1.54, 1.807) is 24.3 Å². The standard InChI is InChI=1S/C24H18N2O4S2/c1-16-7-5-6-8-17(16)15-30-21-12-11-20(26(28)29)13-18(21)14-22-23(27)25(24(31)32-22)19-9-3-2-4-10-19/h2-14H,15H2,1H3/b22-14+. The number of carbonyl (C=O) groups is 1. The molecule has 3 aromatic carbocycles. The third-order valence-corrected chi connectivity index (χ3v) is 6.25. The van der Waals surface area contributed by atoms with Crippen LogP contribution in [0.5, 0.6) is 5.75 Å². The molecule has 0 radical (unpaired) electrons. The molecule has 0 aliphatic carbocycles. The summed E-state index contributed by atoms with van der Waals surface area (Å²) in [4.78, 5) is 25.7. The number of para-hydroxylation sites is 1. The number of hydrogen-bond acceptors (Lipinski definition) is 6. The fourth-order valence-electron chi connectivity index (χ4n) is 3.23. The SMILES string of the molecule is Cc1ccccc1COc1ccc([N+](=O)[O-])cc1/C=C1/SC(=S)N(c2ccccc2)C1=O. The summed E-state index contributed by atoms with van der Waals surface area (Å²) in [7, 11) is 0. The van der Waals surface area contributed by atoms with Gasteiger partial charge in [-0.3, -0.25) is 19.8 Å². The monoisotopic (exact) mass is 462 g/mol. The van der Waals surface area contributed by atoms with Crippen molar-refractivity contribution in [3.8, 4) is 5.75 Å². The molecular formula is C24H18N2O4S2. The number of non-ortho nitro benzene ring substituents is 1. The van der Waals surface area contributed by atoms with Crippen molar-refractivity contribution in [1.29, 1.82) is 0 Å². The van der Waals surface area contributed by atoms with Crippen molar-refractivity contribution in [1.82, 2.24) is 0 Å². The Morgan fingerprint density at radius 1 is 1.09 bits per heavy atom. The maximum Gasteiger partial charge on any atom is 0.270 e. The number of carbonyl (C=O) groups excluding carboxylic acids is 1. The highest BCUT2D eigenvalue weighted by atomic mass is 32.2. The number of rotatable bonds is 6. The topological polar surface area (TPSA) is 72.7 Å². The Bertz CT molecular complexity index is 1240. The summed E-state index contributed by atoms with van der Waals surface area (Å²) in [6.45, 7) is 2.29. The molecule has 0 saturated carbocycles. The van der Waals surface area contributed by atoms with Gasteiger partial charge in [0, 0.05) is 17.7 Å². The highest BCUT2D eigenvalue weighted by Gasteiger charge is 2.33. The van der Waals surface area contributed by atoms with Gasteiger partial charge in [-0.05, 0) is 42.3 Å². The highest BCUT2D eigenvalue weighted by Crippen LogP contribution is 2.37. The van der Waals surface area contributed by atoms with Crippen LogP contribution in [0, 0.1) is 17.0 Å². The molecule has 0 bridgehead atoms. The van der Waals surface area contributed by atoms with E-state index >= 15 is 0 Å². The Kier molecular flexibility index (Phi) is 6.34. The Labute approximate surface area is 194 Å². The van der Waals surface area contributed by atoms with Crippen molar-refractivity contribution in [2.45, 2.75) is 13.5 Å². The minimum Gasteiger partial charge on any atom is -0.488 e. The van der Waals surface area contributed by atoms with E-state index in [0.29, 0.717) is 32.8 Å². The largest absolute Gasteiger partial charge is 0.488 e. The second-order valence-corrected chi connectivity index (χ2v) is 8.72. The Balaban J connectivity index is 1.67. The van der Waals surface area contributed by atoms with Crippen LogP contribution >= 0.6 is 24.0 Å². The summed E-state index contributed by atoms with van der Waals surface area (Å²) in [6, 6.07) is 21.3. The molecule has 160 valence electrons. The van der Waals surface area contributed by atoms with Crippen LogP contribution in [-0.4, -0.2) is 15.2 Å². The third-order valence-electron chi connectivity index (χ3n) is 4.94. The molecule has 1 fully saturated rings. The second kappa shape index (κ2) is 9.33. The first-order chi connectivity index (χ1) is 15.4. The zero-order chi connectivity index (χ0) is 22.7. The van der Waals surface area contributed by atoms with E-state index in [1.807, 2.05) is 49.4 Å². The normalized spacial score (nSPS) is 14.8. The van der Waals surface area contributed by atoms with E-state index in [1.165, 1.54) is 17.0 Å². The number of aryl methyl sites for hydroxylation is 1. The van der Waals surface area contributed by atoms with E-state index in [-0.39, 0.29) is 11.6 Å². The first-order valence-corrected chi connectivity index (χ1v) is 11.0. The number of ether oxygens (including phenoxy) is 1. The van der Waals surface area contributed by atoms with Gasteiger partial charge in [-0.25, -0.2) is 0 Å². The van der Waals surface area contributed by atoms with Crippen LogP contribution in [0.25, 0.3) is 6.08 Å². The van der Waals surface area contributed by atoms with Crippen LogP contribution in [0.3, 0.4) is 0 Å². The molecule has 1 amide bonds. The van der Waals surface area contributed by atoms with Gasteiger partial charge < -0.3 is 4.74 Å². The number of nitro groups is 1. The summed E-state index contributed by atoms with van der Waals surface area (Å²) in [5.41, 5.74) is 3.12. The molecule has 6 nitrogen and oxygen atoms in total. The molecule has 8 heteroatoms. The van der Waals surface area contributed by atoms with Gasteiger partial charge in [-0.2, -0.15) is 0 Å². The lowest BCUT2D eigenvalue weighted by Crippen LogP contribution is -2.27. The molecule has 0 unspecified atom stereocenters. The molecule has 0 aromatic heterocycles. The molecule has 1 aliphatic heterocycles. The quantitative estimate of drug-likeness (QED) is 0.197. The predicted octanol–water partition coefficient (Wildman–Crippen LogP) is 5.89. The molecule has 0 N–H and O–H groups in total. The van der Waals surface area contributed by atoms with E-state index in [2.05, 4.69) is 0 Å². The molecular weight excluding hydrogens is 444 g/mol. The van der Waals surface area contributed by atoms with Crippen LogP contribution in [0.4, 0.5) is 11.4 Å². The molecule has 32 heavy (non-hydrogen) atoms. The maximum absolute atomic E-state index is 13.0. The van der Waals surface area contributed by atoms with E-state index in [4.69, 9.17) is 17.0 Å². The van der Waals surface area contributed by atoms with Crippen LogP contribution < -0.4 is 9.64 Å². The number of anilines is 1. The first-order valence-electron chi connectivity index (χ1n) is 9.73. The van der Waals surface area contributed by atoms with Gasteiger partial charge >= 0.3 is 0 Å². The molecule has 1 heterocycles. The molecule has 3 aromatic rings. The average Bonchev–Trinajstić information content (AvgIpc) is 3.07. The minimum absolute atomic E-state index is 0.0852. The summed E-state index contributed by atoms with van der Waals surface area (Å²) in [6.07, 6.45) is 1.60. The Hall–Kier alpha value is -3.49. The van der Waals surface area contributed by atoms with E-state index in [9.17, 15) is 14.9 Å². The van der Waals surface area contributed by atoms with Crippen LogP contribution in [0.1, 0.15) is 16.7 Å². The minimum atomic E-state index is -0.475. The second-order valence-electron chi connectivity index (χ2n) is 7.05. The predicted molar refractivity (Wildman–Crippen MR) is 131 cm³/mol. The van der Waals surface area contributed by atoms with Gasteiger partial charge in [0.15, 0.2) is 4.32 Å². The lowest BCUT2D eigenvalue weighted by molar-refractivity contribution is -0.384. The summed E-state index contributed by atoms with van der Waals surface area (Å²) in [5.74, 6) is 0.173. The van der Waals surface area contributed by atoms with Gasteiger partial charge in [0.25, 0.3) is 11.6 Å². The number of thiocarbonyl (C=S) groups is 1. The van der Waals surface area contributed by atoms with E-state index < -0.39 is 4.92 Å². The molecule has 1 aliphatic rings. The van der Waals surface area contributed by atoms with Crippen molar-refractivity contribution >= 4 is 51.7 Å². The summed E-state index contributed by atoms with van der Waals surface area (Å²) in [5, 5.41) is 11.3. The van der Waals surface area contributed by atoms with Crippen molar-refractivity contribution in [2.75, 3.05) is 4.90 Å². The van der Waals surface area contributed by atoms with Crippen molar-refractivity contribution < 1.29 is 14.5 Å². The fraction of sp³-hybridized carbons (Fsp3) is 0.0833. The molecule has 4 rings (SSSR count). The van der Waals surface area contributed by atoms with E-state index in [0.717, 1.165) is 22.9 Å². The van der Waals surface area contributed by atoms with Crippen LogP contribution in [0.15, 0.2) is 77.7 Å². The van der Waals surface area contributed by atoms with Gasteiger partial charge in [-0.1, -0.05) is 66.4 Å². The molecule has 1 saturated heterocycles. The Morgan fingerprint density at radius 3 is 2.53 bits per heavy atom. The lowest BCUT2D eigenvalue weighted by Gasteiger charge is -2.14. The maximum atomic E-state index is 13.0. The van der Waals surface area contributed by atoms with Gasteiger partial charge in [0.2, 0.25) is 0 Å². The molecule has 0 spiro atoms.